The van der Waals surface area contributed by atoms with Crippen LogP contribution in [0.5, 0.6) is 0 Å². The average Bonchev–Trinajstić information content (AvgIpc) is 2.58. The second-order valence-electron chi connectivity index (χ2n) is 4.22. The van der Waals surface area contributed by atoms with Crippen LogP contribution in [0.2, 0.25) is 0 Å². The molecule has 1 N–H and O–H groups in total. The molecular formula is C11H14N4. The van der Waals surface area contributed by atoms with Crippen molar-refractivity contribution in [2.75, 3.05) is 5.32 Å². The van der Waals surface area contributed by atoms with Crippen molar-refractivity contribution in [2.45, 2.75) is 32.2 Å². The summed E-state index contributed by atoms with van der Waals surface area (Å²) >= 11 is 0. The summed E-state index contributed by atoms with van der Waals surface area (Å²) < 4.78 is 1.87. The Morgan fingerprint density at radius 1 is 1.40 bits per heavy atom. The zero-order valence-electron chi connectivity index (χ0n) is 8.77. The molecule has 0 aromatic carbocycles. The lowest BCUT2D eigenvalue weighted by atomic mass is 9.93. The molecule has 0 spiro atoms. The van der Waals surface area contributed by atoms with Crippen molar-refractivity contribution in [3.8, 4) is 0 Å². The van der Waals surface area contributed by atoms with Gasteiger partial charge in [0.25, 0.3) is 0 Å². The van der Waals surface area contributed by atoms with Crippen LogP contribution >= 0.6 is 0 Å². The third-order valence-electron chi connectivity index (χ3n) is 2.98. The van der Waals surface area contributed by atoms with Gasteiger partial charge in [-0.3, -0.25) is 0 Å². The van der Waals surface area contributed by atoms with E-state index in [0.29, 0.717) is 6.04 Å². The van der Waals surface area contributed by atoms with Gasteiger partial charge >= 0.3 is 0 Å². The number of hydrogen-bond acceptors (Lipinski definition) is 3. The van der Waals surface area contributed by atoms with E-state index in [1.165, 1.54) is 24.8 Å². The van der Waals surface area contributed by atoms with E-state index in [-0.39, 0.29) is 0 Å². The highest BCUT2D eigenvalue weighted by Crippen LogP contribution is 2.23. The average molecular weight is 202 g/mol. The van der Waals surface area contributed by atoms with Gasteiger partial charge in [-0.15, -0.1) is 0 Å². The van der Waals surface area contributed by atoms with Gasteiger partial charge in [0.1, 0.15) is 12.1 Å². The molecule has 4 nitrogen and oxygen atoms in total. The SMILES string of the molecule is Cc1cc(NC2CCC2)n2ncnc2c1. The third kappa shape index (κ3) is 1.46. The molecule has 1 aliphatic rings. The fourth-order valence-corrected chi connectivity index (χ4v) is 1.92. The zero-order chi connectivity index (χ0) is 10.3. The topological polar surface area (TPSA) is 42.2 Å². The van der Waals surface area contributed by atoms with Crippen LogP contribution in [-0.2, 0) is 0 Å². The first-order valence-corrected chi connectivity index (χ1v) is 5.40. The van der Waals surface area contributed by atoms with Crippen LogP contribution in [0, 0.1) is 6.92 Å². The number of nitrogens with one attached hydrogen (secondary N) is 1. The maximum atomic E-state index is 4.21. The van der Waals surface area contributed by atoms with E-state index in [4.69, 9.17) is 0 Å². The third-order valence-corrected chi connectivity index (χ3v) is 2.98. The van der Waals surface area contributed by atoms with E-state index in [2.05, 4.69) is 28.4 Å². The van der Waals surface area contributed by atoms with Crippen LogP contribution in [0.1, 0.15) is 24.8 Å². The molecule has 1 fully saturated rings. The highest BCUT2D eigenvalue weighted by molar-refractivity contribution is 5.51. The molecule has 2 aromatic heterocycles. The molecule has 2 heterocycles. The molecule has 15 heavy (non-hydrogen) atoms. The fourth-order valence-electron chi connectivity index (χ4n) is 1.92. The number of hydrogen-bond donors (Lipinski definition) is 1. The Kier molecular flexibility index (Phi) is 1.87. The van der Waals surface area contributed by atoms with Gasteiger partial charge in [-0.05, 0) is 43.9 Å². The first-order chi connectivity index (χ1) is 7.33. The fraction of sp³-hybridized carbons (Fsp3) is 0.455. The van der Waals surface area contributed by atoms with Crippen LogP contribution < -0.4 is 5.32 Å². The Balaban J connectivity index is 2.02. The van der Waals surface area contributed by atoms with E-state index in [1.807, 2.05) is 10.6 Å². The summed E-state index contributed by atoms with van der Waals surface area (Å²) in [6.07, 6.45) is 5.47. The Bertz CT molecular complexity index is 484. The van der Waals surface area contributed by atoms with Crippen molar-refractivity contribution in [1.29, 1.82) is 0 Å². The number of nitrogens with zero attached hydrogens (tertiary/aromatic N) is 3. The van der Waals surface area contributed by atoms with Crippen molar-refractivity contribution < 1.29 is 0 Å². The van der Waals surface area contributed by atoms with Crippen LogP contribution in [0.15, 0.2) is 18.5 Å². The Labute approximate surface area is 88.3 Å². The molecule has 0 unspecified atom stereocenters. The van der Waals surface area contributed by atoms with Crippen LogP contribution in [0.25, 0.3) is 5.65 Å². The zero-order valence-corrected chi connectivity index (χ0v) is 8.77. The molecule has 0 radical (unpaired) electrons. The summed E-state index contributed by atoms with van der Waals surface area (Å²) in [5.74, 6) is 1.06. The second-order valence-corrected chi connectivity index (χ2v) is 4.22. The summed E-state index contributed by atoms with van der Waals surface area (Å²) in [6, 6.07) is 4.79. The second kappa shape index (κ2) is 3.22. The van der Waals surface area contributed by atoms with Gasteiger partial charge in [-0.2, -0.15) is 9.61 Å². The highest BCUT2D eigenvalue weighted by atomic mass is 15.3. The van der Waals surface area contributed by atoms with Gasteiger partial charge in [0.15, 0.2) is 5.65 Å². The van der Waals surface area contributed by atoms with Gasteiger partial charge in [0.2, 0.25) is 0 Å². The maximum absolute atomic E-state index is 4.21. The molecular weight excluding hydrogens is 188 g/mol. The predicted molar refractivity (Wildman–Crippen MR) is 59.0 cm³/mol. The van der Waals surface area contributed by atoms with Gasteiger partial charge in [-0.25, -0.2) is 4.98 Å². The van der Waals surface area contributed by atoms with E-state index in [9.17, 15) is 0 Å². The van der Waals surface area contributed by atoms with Crippen LogP contribution in [0.3, 0.4) is 0 Å². The lowest BCUT2D eigenvalue weighted by Gasteiger charge is -2.27. The first-order valence-electron chi connectivity index (χ1n) is 5.40. The summed E-state index contributed by atoms with van der Waals surface area (Å²) in [4.78, 5) is 4.20. The summed E-state index contributed by atoms with van der Waals surface area (Å²) in [7, 11) is 0. The minimum atomic E-state index is 0.624. The minimum Gasteiger partial charge on any atom is -0.367 e. The minimum absolute atomic E-state index is 0.624. The summed E-state index contributed by atoms with van der Waals surface area (Å²) in [6.45, 7) is 2.08. The normalized spacial score (nSPS) is 16.6. The monoisotopic (exact) mass is 202 g/mol. The quantitative estimate of drug-likeness (QED) is 0.810. The van der Waals surface area contributed by atoms with Crippen molar-refractivity contribution in [3.63, 3.8) is 0 Å². The number of anilines is 1. The predicted octanol–water partition coefficient (Wildman–Crippen LogP) is 2.00. The number of pyridine rings is 1. The van der Waals surface area contributed by atoms with Gasteiger partial charge in [0.05, 0.1) is 0 Å². The summed E-state index contributed by atoms with van der Waals surface area (Å²) in [5, 5.41) is 7.72. The highest BCUT2D eigenvalue weighted by Gasteiger charge is 2.18. The van der Waals surface area contributed by atoms with Crippen molar-refractivity contribution in [2.24, 2.45) is 0 Å². The van der Waals surface area contributed by atoms with Crippen LogP contribution in [-0.4, -0.2) is 20.6 Å². The lowest BCUT2D eigenvalue weighted by Crippen LogP contribution is -2.28. The van der Waals surface area contributed by atoms with Crippen molar-refractivity contribution in [3.05, 3.63) is 24.0 Å². The van der Waals surface area contributed by atoms with Crippen molar-refractivity contribution in [1.82, 2.24) is 14.6 Å². The van der Waals surface area contributed by atoms with E-state index < -0.39 is 0 Å². The lowest BCUT2D eigenvalue weighted by molar-refractivity contribution is 0.443. The standard InChI is InChI=1S/C11H14N4/c1-8-5-10-12-7-13-15(10)11(6-8)14-9-3-2-4-9/h5-7,9,14H,2-4H2,1H3. The van der Waals surface area contributed by atoms with E-state index >= 15 is 0 Å². The Morgan fingerprint density at radius 2 is 2.27 bits per heavy atom. The molecule has 0 bridgehead atoms. The van der Waals surface area contributed by atoms with Gasteiger partial charge < -0.3 is 5.32 Å². The van der Waals surface area contributed by atoms with Gasteiger partial charge in [0, 0.05) is 6.04 Å². The molecule has 0 aliphatic heterocycles. The molecule has 4 heteroatoms. The molecule has 0 saturated heterocycles. The molecule has 0 atom stereocenters. The maximum Gasteiger partial charge on any atom is 0.157 e. The number of rotatable bonds is 2. The number of aromatic nitrogens is 3. The van der Waals surface area contributed by atoms with Gasteiger partial charge in [-0.1, -0.05) is 0 Å². The Hall–Kier alpha value is -1.58. The molecule has 2 aromatic rings. The van der Waals surface area contributed by atoms with Crippen LogP contribution in [0.4, 0.5) is 5.82 Å². The molecule has 78 valence electrons. The number of fused-ring (bicyclic) bond motifs is 1. The number of aryl methyl sites for hydroxylation is 1. The smallest absolute Gasteiger partial charge is 0.157 e. The first kappa shape index (κ1) is 8.71. The summed E-state index contributed by atoms with van der Waals surface area (Å²) in [5.41, 5.74) is 2.13. The van der Waals surface area contributed by atoms with E-state index in [0.717, 1.165) is 11.5 Å². The molecule has 1 aliphatic carbocycles. The molecule has 1 saturated carbocycles. The Morgan fingerprint density at radius 3 is 3.00 bits per heavy atom. The largest absolute Gasteiger partial charge is 0.367 e. The molecule has 0 amide bonds. The van der Waals surface area contributed by atoms with E-state index in [1.54, 1.807) is 6.33 Å². The molecule has 3 rings (SSSR count). The van der Waals surface area contributed by atoms with Crippen molar-refractivity contribution >= 4 is 11.5 Å².